The first-order valence-corrected chi connectivity index (χ1v) is 8.63. The first-order chi connectivity index (χ1) is 13.2. The molecule has 0 saturated heterocycles. The van der Waals surface area contributed by atoms with E-state index >= 15 is 0 Å². The summed E-state index contributed by atoms with van der Waals surface area (Å²) >= 11 is 6.11. The SMILES string of the molecule is Cc1ccc(-c2ccc(/C=C/C(=O)Nc3ccccc3C(F)(F)F)o2)cc1Cl. The van der Waals surface area contributed by atoms with E-state index in [9.17, 15) is 18.0 Å². The molecule has 0 radical (unpaired) electrons. The summed E-state index contributed by atoms with van der Waals surface area (Å²) in [5.41, 5.74) is 0.499. The Morgan fingerprint density at radius 2 is 1.86 bits per heavy atom. The van der Waals surface area contributed by atoms with Crippen LogP contribution in [-0.2, 0) is 11.0 Å². The monoisotopic (exact) mass is 405 g/mol. The molecular weight excluding hydrogens is 391 g/mol. The van der Waals surface area contributed by atoms with E-state index in [4.69, 9.17) is 16.0 Å². The van der Waals surface area contributed by atoms with Gasteiger partial charge < -0.3 is 9.73 Å². The minimum Gasteiger partial charge on any atom is -0.457 e. The van der Waals surface area contributed by atoms with Crippen LogP contribution in [0.25, 0.3) is 17.4 Å². The number of para-hydroxylation sites is 1. The number of benzene rings is 2. The van der Waals surface area contributed by atoms with Crippen molar-refractivity contribution in [1.29, 1.82) is 0 Å². The van der Waals surface area contributed by atoms with Crippen LogP contribution in [0.2, 0.25) is 5.02 Å². The Labute approximate surface area is 164 Å². The quantitative estimate of drug-likeness (QED) is 0.498. The van der Waals surface area contributed by atoms with Gasteiger partial charge in [0.05, 0.1) is 11.3 Å². The normalized spacial score (nSPS) is 11.8. The van der Waals surface area contributed by atoms with Gasteiger partial charge in [0.1, 0.15) is 11.5 Å². The number of alkyl halides is 3. The van der Waals surface area contributed by atoms with Gasteiger partial charge in [-0.1, -0.05) is 35.9 Å². The van der Waals surface area contributed by atoms with E-state index in [1.807, 2.05) is 19.1 Å². The first-order valence-electron chi connectivity index (χ1n) is 8.26. The van der Waals surface area contributed by atoms with E-state index in [1.54, 1.807) is 18.2 Å². The number of nitrogens with one attached hydrogen (secondary N) is 1. The second-order valence-electron chi connectivity index (χ2n) is 6.03. The number of carbonyl (C=O) groups is 1. The summed E-state index contributed by atoms with van der Waals surface area (Å²) in [6.07, 6.45) is -2.07. The minimum absolute atomic E-state index is 0.306. The number of carbonyl (C=O) groups excluding carboxylic acids is 1. The van der Waals surface area contributed by atoms with Crippen molar-refractivity contribution >= 4 is 29.3 Å². The lowest BCUT2D eigenvalue weighted by Gasteiger charge is -2.12. The van der Waals surface area contributed by atoms with Crippen LogP contribution in [0.5, 0.6) is 0 Å². The number of hydrogen-bond acceptors (Lipinski definition) is 2. The van der Waals surface area contributed by atoms with Crippen molar-refractivity contribution in [3.05, 3.63) is 82.6 Å². The molecular formula is C21H15ClF3NO2. The lowest BCUT2D eigenvalue weighted by Crippen LogP contribution is -2.14. The molecule has 0 spiro atoms. The van der Waals surface area contributed by atoms with Crippen molar-refractivity contribution in [2.75, 3.05) is 5.32 Å². The molecule has 1 N–H and O–H groups in total. The lowest BCUT2D eigenvalue weighted by molar-refractivity contribution is -0.136. The number of rotatable bonds is 4. The summed E-state index contributed by atoms with van der Waals surface area (Å²) in [6, 6.07) is 13.6. The smallest absolute Gasteiger partial charge is 0.418 e. The summed E-state index contributed by atoms with van der Waals surface area (Å²) in [7, 11) is 0. The average molecular weight is 406 g/mol. The highest BCUT2D eigenvalue weighted by Gasteiger charge is 2.33. The molecule has 28 heavy (non-hydrogen) atoms. The maximum Gasteiger partial charge on any atom is 0.418 e. The highest BCUT2D eigenvalue weighted by molar-refractivity contribution is 6.31. The molecule has 7 heteroatoms. The molecule has 0 aliphatic carbocycles. The largest absolute Gasteiger partial charge is 0.457 e. The Kier molecular flexibility index (Phi) is 5.61. The summed E-state index contributed by atoms with van der Waals surface area (Å²) < 4.78 is 44.6. The van der Waals surface area contributed by atoms with Gasteiger partial charge in [0.15, 0.2) is 0 Å². The van der Waals surface area contributed by atoms with Crippen LogP contribution in [-0.4, -0.2) is 5.91 Å². The second kappa shape index (κ2) is 7.94. The third kappa shape index (κ3) is 4.64. The molecule has 0 fully saturated rings. The van der Waals surface area contributed by atoms with Gasteiger partial charge in [-0.2, -0.15) is 13.2 Å². The molecule has 0 aliphatic rings. The third-order valence-corrected chi connectivity index (χ3v) is 4.38. The molecule has 2 aromatic carbocycles. The van der Waals surface area contributed by atoms with Crippen molar-refractivity contribution in [3.63, 3.8) is 0 Å². The minimum atomic E-state index is -4.56. The summed E-state index contributed by atoms with van der Waals surface area (Å²) in [6.45, 7) is 1.89. The fraction of sp³-hybridized carbons (Fsp3) is 0.0952. The van der Waals surface area contributed by atoms with Gasteiger partial charge in [-0.3, -0.25) is 4.79 Å². The highest BCUT2D eigenvalue weighted by Crippen LogP contribution is 2.34. The van der Waals surface area contributed by atoms with Crippen molar-refractivity contribution < 1.29 is 22.4 Å². The van der Waals surface area contributed by atoms with Gasteiger partial charge >= 0.3 is 6.18 Å². The van der Waals surface area contributed by atoms with Crippen LogP contribution < -0.4 is 5.32 Å². The predicted molar refractivity (Wildman–Crippen MR) is 103 cm³/mol. The number of furan rings is 1. The zero-order chi connectivity index (χ0) is 20.3. The van der Waals surface area contributed by atoms with Crippen LogP contribution in [0.1, 0.15) is 16.9 Å². The van der Waals surface area contributed by atoms with Crippen LogP contribution in [0.3, 0.4) is 0 Å². The van der Waals surface area contributed by atoms with Crippen LogP contribution in [0, 0.1) is 6.92 Å². The van der Waals surface area contributed by atoms with E-state index in [-0.39, 0.29) is 5.69 Å². The standard InChI is InChI=1S/C21H15ClF3NO2/c1-13-6-7-14(12-17(13)22)19-10-8-15(28-19)9-11-20(27)26-18-5-3-2-4-16(18)21(23,24)25/h2-12H,1H3,(H,26,27)/b11-9+. The molecule has 1 aromatic heterocycles. The molecule has 0 atom stereocenters. The molecule has 3 nitrogen and oxygen atoms in total. The zero-order valence-electron chi connectivity index (χ0n) is 14.7. The lowest BCUT2D eigenvalue weighted by atomic mass is 10.1. The fourth-order valence-electron chi connectivity index (χ4n) is 2.52. The molecule has 144 valence electrons. The van der Waals surface area contributed by atoms with E-state index in [1.165, 1.54) is 24.3 Å². The Hall–Kier alpha value is -2.99. The number of halogens is 4. The molecule has 0 saturated carbocycles. The number of amides is 1. The van der Waals surface area contributed by atoms with Crippen LogP contribution >= 0.6 is 11.6 Å². The Balaban J connectivity index is 1.72. The molecule has 0 aliphatic heterocycles. The van der Waals surface area contributed by atoms with E-state index in [0.29, 0.717) is 16.5 Å². The second-order valence-corrected chi connectivity index (χ2v) is 6.44. The number of anilines is 1. The van der Waals surface area contributed by atoms with Gasteiger partial charge in [0, 0.05) is 16.7 Å². The van der Waals surface area contributed by atoms with Gasteiger partial charge in [-0.05, 0) is 48.9 Å². The van der Waals surface area contributed by atoms with Crippen LogP contribution in [0.15, 0.2) is 65.1 Å². The molecule has 0 unspecified atom stereocenters. The van der Waals surface area contributed by atoms with Crippen molar-refractivity contribution in [2.24, 2.45) is 0 Å². The average Bonchev–Trinajstić information content (AvgIpc) is 3.11. The van der Waals surface area contributed by atoms with Gasteiger partial charge in [-0.25, -0.2) is 0 Å². The van der Waals surface area contributed by atoms with Crippen molar-refractivity contribution in [3.8, 4) is 11.3 Å². The molecule has 3 aromatic rings. The maximum atomic E-state index is 13.0. The summed E-state index contributed by atoms with van der Waals surface area (Å²) in [5.74, 6) is 0.239. The maximum absolute atomic E-state index is 13.0. The van der Waals surface area contributed by atoms with E-state index in [2.05, 4.69) is 5.32 Å². The fourth-order valence-corrected chi connectivity index (χ4v) is 2.70. The highest BCUT2D eigenvalue weighted by atomic mass is 35.5. The summed E-state index contributed by atoms with van der Waals surface area (Å²) in [4.78, 5) is 12.0. The van der Waals surface area contributed by atoms with E-state index in [0.717, 1.165) is 23.3 Å². The summed E-state index contributed by atoms with van der Waals surface area (Å²) in [5, 5.41) is 2.84. The predicted octanol–water partition coefficient (Wildman–Crippen LogP) is 6.58. The molecule has 1 amide bonds. The topological polar surface area (TPSA) is 42.2 Å². The Morgan fingerprint density at radius 3 is 2.57 bits per heavy atom. The zero-order valence-corrected chi connectivity index (χ0v) is 15.4. The number of aryl methyl sites for hydroxylation is 1. The van der Waals surface area contributed by atoms with Crippen molar-refractivity contribution in [2.45, 2.75) is 13.1 Å². The Morgan fingerprint density at radius 1 is 1.11 bits per heavy atom. The van der Waals surface area contributed by atoms with E-state index < -0.39 is 17.6 Å². The van der Waals surface area contributed by atoms with Gasteiger partial charge in [-0.15, -0.1) is 0 Å². The molecule has 0 bridgehead atoms. The Bertz CT molecular complexity index is 1040. The molecule has 1 heterocycles. The van der Waals surface area contributed by atoms with Crippen LogP contribution in [0.4, 0.5) is 18.9 Å². The van der Waals surface area contributed by atoms with Gasteiger partial charge in [0.2, 0.25) is 5.91 Å². The third-order valence-electron chi connectivity index (χ3n) is 3.97. The first kappa shape index (κ1) is 19.8. The number of hydrogen-bond donors (Lipinski definition) is 1. The molecule has 3 rings (SSSR count). The van der Waals surface area contributed by atoms with Gasteiger partial charge in [0.25, 0.3) is 0 Å². The van der Waals surface area contributed by atoms with Crippen molar-refractivity contribution in [1.82, 2.24) is 0 Å².